The van der Waals surface area contributed by atoms with Gasteiger partial charge in [0.1, 0.15) is 0 Å². The molecular weight excluding hydrogens is 174 g/mol. The Balaban J connectivity index is 1.98. The standard InChI is InChI=1S/C12H21NO/c1-2-3-4-9-13-10-11-5-7-12(14)8-6-11/h11-14H,4-10H2,1H3. The van der Waals surface area contributed by atoms with Crippen LogP contribution in [0.15, 0.2) is 0 Å². The molecule has 0 spiro atoms. The van der Waals surface area contributed by atoms with Crippen LogP contribution in [0.2, 0.25) is 0 Å². The van der Waals surface area contributed by atoms with Crippen molar-refractivity contribution in [2.75, 3.05) is 13.1 Å². The van der Waals surface area contributed by atoms with Crippen molar-refractivity contribution in [1.29, 1.82) is 0 Å². The van der Waals surface area contributed by atoms with E-state index in [1.54, 1.807) is 0 Å². The fourth-order valence-electron chi connectivity index (χ4n) is 1.93. The lowest BCUT2D eigenvalue weighted by molar-refractivity contribution is 0.108. The molecule has 0 aliphatic heterocycles. The molecule has 0 atom stereocenters. The SMILES string of the molecule is CC#CCCNCC1CCC(O)CC1. The van der Waals surface area contributed by atoms with Gasteiger partial charge in [0.25, 0.3) is 0 Å². The van der Waals surface area contributed by atoms with Gasteiger partial charge in [-0.05, 0) is 45.1 Å². The number of rotatable bonds is 4. The quantitative estimate of drug-likeness (QED) is 0.527. The molecule has 1 aliphatic rings. The number of hydrogen-bond donors (Lipinski definition) is 2. The molecule has 1 saturated carbocycles. The second kappa shape index (κ2) is 6.86. The molecule has 80 valence electrons. The molecule has 0 unspecified atom stereocenters. The molecule has 0 bridgehead atoms. The number of hydrogen-bond acceptors (Lipinski definition) is 2. The van der Waals surface area contributed by atoms with Crippen molar-refractivity contribution >= 4 is 0 Å². The Kier molecular flexibility index (Phi) is 5.66. The van der Waals surface area contributed by atoms with Crippen LogP contribution >= 0.6 is 0 Å². The highest BCUT2D eigenvalue weighted by molar-refractivity contribution is 4.95. The third kappa shape index (κ3) is 4.64. The molecule has 0 aromatic rings. The molecule has 0 saturated heterocycles. The topological polar surface area (TPSA) is 32.3 Å². The summed E-state index contributed by atoms with van der Waals surface area (Å²) in [4.78, 5) is 0. The largest absolute Gasteiger partial charge is 0.393 e. The first-order valence-corrected chi connectivity index (χ1v) is 5.61. The van der Waals surface area contributed by atoms with E-state index in [0.717, 1.165) is 38.3 Å². The summed E-state index contributed by atoms with van der Waals surface area (Å²) in [6.07, 6.45) is 5.24. The maximum atomic E-state index is 9.33. The predicted octanol–water partition coefficient (Wildman–Crippen LogP) is 1.54. The first-order valence-electron chi connectivity index (χ1n) is 5.61. The van der Waals surface area contributed by atoms with Gasteiger partial charge in [-0.1, -0.05) is 0 Å². The molecule has 0 amide bonds. The average molecular weight is 195 g/mol. The van der Waals surface area contributed by atoms with Crippen molar-refractivity contribution in [3.8, 4) is 11.8 Å². The number of nitrogens with one attached hydrogen (secondary N) is 1. The van der Waals surface area contributed by atoms with E-state index in [0.29, 0.717) is 0 Å². The zero-order valence-corrected chi connectivity index (χ0v) is 9.05. The van der Waals surface area contributed by atoms with Gasteiger partial charge in [-0.2, -0.15) is 0 Å². The van der Waals surface area contributed by atoms with Crippen molar-refractivity contribution in [3.63, 3.8) is 0 Å². The summed E-state index contributed by atoms with van der Waals surface area (Å²) in [7, 11) is 0. The fraction of sp³-hybridized carbons (Fsp3) is 0.833. The Bertz CT molecular complexity index is 196. The Morgan fingerprint density at radius 1 is 1.29 bits per heavy atom. The highest BCUT2D eigenvalue weighted by Gasteiger charge is 2.18. The molecule has 2 heteroatoms. The highest BCUT2D eigenvalue weighted by atomic mass is 16.3. The fourth-order valence-corrected chi connectivity index (χ4v) is 1.93. The summed E-state index contributed by atoms with van der Waals surface area (Å²) < 4.78 is 0. The lowest BCUT2D eigenvalue weighted by Crippen LogP contribution is -2.28. The van der Waals surface area contributed by atoms with Gasteiger partial charge in [-0.3, -0.25) is 0 Å². The van der Waals surface area contributed by atoms with Gasteiger partial charge in [0, 0.05) is 13.0 Å². The molecular formula is C12H21NO. The van der Waals surface area contributed by atoms with E-state index < -0.39 is 0 Å². The maximum absolute atomic E-state index is 9.33. The summed E-state index contributed by atoms with van der Waals surface area (Å²) in [6.45, 7) is 3.97. The summed E-state index contributed by atoms with van der Waals surface area (Å²) in [5.41, 5.74) is 0. The van der Waals surface area contributed by atoms with E-state index in [9.17, 15) is 5.11 Å². The predicted molar refractivity (Wildman–Crippen MR) is 58.9 cm³/mol. The van der Waals surface area contributed by atoms with E-state index >= 15 is 0 Å². The minimum Gasteiger partial charge on any atom is -0.393 e. The van der Waals surface area contributed by atoms with Crippen LogP contribution in [0.5, 0.6) is 0 Å². The Hall–Kier alpha value is -0.520. The monoisotopic (exact) mass is 195 g/mol. The van der Waals surface area contributed by atoms with Crippen LogP contribution in [-0.2, 0) is 0 Å². The third-order valence-corrected chi connectivity index (χ3v) is 2.85. The van der Waals surface area contributed by atoms with Crippen molar-refractivity contribution in [1.82, 2.24) is 5.32 Å². The first kappa shape index (κ1) is 11.6. The summed E-state index contributed by atoms with van der Waals surface area (Å²) in [5.74, 6) is 6.70. The molecule has 1 aliphatic carbocycles. The molecule has 0 radical (unpaired) electrons. The van der Waals surface area contributed by atoms with E-state index in [4.69, 9.17) is 0 Å². The lowest BCUT2D eigenvalue weighted by Gasteiger charge is -2.25. The van der Waals surface area contributed by atoms with E-state index in [1.807, 2.05) is 6.92 Å². The number of aliphatic hydroxyl groups excluding tert-OH is 1. The second-order valence-electron chi connectivity index (χ2n) is 4.06. The number of aliphatic hydroxyl groups is 1. The Morgan fingerprint density at radius 3 is 2.64 bits per heavy atom. The summed E-state index contributed by atoms with van der Waals surface area (Å²) in [5, 5.41) is 12.8. The van der Waals surface area contributed by atoms with Gasteiger partial charge in [0.05, 0.1) is 6.10 Å². The molecule has 1 rings (SSSR count). The summed E-state index contributed by atoms with van der Waals surface area (Å²) >= 11 is 0. The van der Waals surface area contributed by atoms with Crippen LogP contribution in [-0.4, -0.2) is 24.3 Å². The lowest BCUT2D eigenvalue weighted by atomic mass is 9.87. The van der Waals surface area contributed by atoms with Crippen LogP contribution in [0.4, 0.5) is 0 Å². The Morgan fingerprint density at radius 2 is 2.00 bits per heavy atom. The minimum absolute atomic E-state index is 0.0304. The van der Waals surface area contributed by atoms with Crippen molar-refractivity contribution in [3.05, 3.63) is 0 Å². The Labute approximate surface area is 87.1 Å². The van der Waals surface area contributed by atoms with Crippen molar-refractivity contribution in [2.45, 2.75) is 45.1 Å². The molecule has 1 fully saturated rings. The maximum Gasteiger partial charge on any atom is 0.0540 e. The smallest absolute Gasteiger partial charge is 0.0540 e. The van der Waals surface area contributed by atoms with Crippen molar-refractivity contribution in [2.24, 2.45) is 5.92 Å². The van der Waals surface area contributed by atoms with Crippen LogP contribution in [0.25, 0.3) is 0 Å². The highest BCUT2D eigenvalue weighted by Crippen LogP contribution is 2.23. The summed E-state index contributed by atoms with van der Waals surface area (Å²) in [6, 6.07) is 0. The van der Waals surface area contributed by atoms with Crippen LogP contribution in [0.3, 0.4) is 0 Å². The normalized spacial score (nSPS) is 26.7. The molecule has 0 aromatic heterocycles. The average Bonchev–Trinajstić information content (AvgIpc) is 2.21. The van der Waals surface area contributed by atoms with Gasteiger partial charge in [-0.15, -0.1) is 11.8 Å². The van der Waals surface area contributed by atoms with E-state index in [2.05, 4.69) is 17.2 Å². The van der Waals surface area contributed by atoms with Crippen molar-refractivity contribution < 1.29 is 5.11 Å². The van der Waals surface area contributed by atoms with Gasteiger partial charge >= 0.3 is 0 Å². The van der Waals surface area contributed by atoms with E-state index in [-0.39, 0.29) is 6.10 Å². The van der Waals surface area contributed by atoms with Gasteiger partial charge in [-0.25, -0.2) is 0 Å². The molecule has 0 aromatic carbocycles. The zero-order chi connectivity index (χ0) is 10.2. The van der Waals surface area contributed by atoms with E-state index in [1.165, 1.54) is 12.8 Å². The zero-order valence-electron chi connectivity index (χ0n) is 9.05. The molecule has 2 nitrogen and oxygen atoms in total. The first-order chi connectivity index (χ1) is 6.83. The van der Waals surface area contributed by atoms with Gasteiger partial charge < -0.3 is 10.4 Å². The van der Waals surface area contributed by atoms with Crippen LogP contribution in [0.1, 0.15) is 39.0 Å². The third-order valence-electron chi connectivity index (χ3n) is 2.85. The van der Waals surface area contributed by atoms with Crippen LogP contribution < -0.4 is 5.32 Å². The molecule has 14 heavy (non-hydrogen) atoms. The minimum atomic E-state index is -0.0304. The van der Waals surface area contributed by atoms with Gasteiger partial charge in [0.2, 0.25) is 0 Å². The molecule has 2 N–H and O–H groups in total. The van der Waals surface area contributed by atoms with Gasteiger partial charge in [0.15, 0.2) is 0 Å². The second-order valence-corrected chi connectivity index (χ2v) is 4.06. The van der Waals surface area contributed by atoms with Crippen LogP contribution in [0, 0.1) is 17.8 Å². The molecule has 0 heterocycles.